The number of pyridine rings is 1. The molecule has 2 atom stereocenters. The first-order valence-electron chi connectivity index (χ1n) is 7.96. The summed E-state index contributed by atoms with van der Waals surface area (Å²) in [5.41, 5.74) is 1.51. The second kappa shape index (κ2) is 6.36. The van der Waals surface area contributed by atoms with E-state index in [4.69, 9.17) is 0 Å². The Hall–Kier alpha value is -1.41. The molecule has 2 nitrogen and oxygen atoms in total. The Morgan fingerprint density at radius 1 is 1.20 bits per heavy atom. The molecule has 0 amide bonds. The third kappa shape index (κ3) is 2.71. The van der Waals surface area contributed by atoms with E-state index in [0.29, 0.717) is 12.0 Å². The molecule has 106 valence electrons. The smallest absolute Gasteiger partial charge is 0.0346 e. The van der Waals surface area contributed by atoms with Crippen molar-refractivity contribution in [2.45, 2.75) is 51.0 Å². The molecule has 1 aliphatic rings. The molecule has 0 bridgehead atoms. The standard InChI is InChI=1S/C18H24N2/c1-2-11-20-18-9-4-3-7-17(18)16-8-5-6-14-13-19-12-10-15(14)16/h5-6,8,10,12-13,17-18,20H,2-4,7,9,11H2,1H3. The van der Waals surface area contributed by atoms with Crippen molar-refractivity contribution in [1.29, 1.82) is 0 Å². The fourth-order valence-corrected chi connectivity index (χ4v) is 3.55. The highest BCUT2D eigenvalue weighted by molar-refractivity contribution is 5.85. The van der Waals surface area contributed by atoms with Gasteiger partial charge in [0.25, 0.3) is 0 Å². The molecular weight excluding hydrogens is 244 g/mol. The Bertz CT molecular complexity index is 559. The lowest BCUT2D eigenvalue weighted by molar-refractivity contribution is 0.329. The molecule has 20 heavy (non-hydrogen) atoms. The summed E-state index contributed by atoms with van der Waals surface area (Å²) in [6, 6.07) is 9.49. The minimum atomic E-state index is 0.641. The summed E-state index contributed by atoms with van der Waals surface area (Å²) < 4.78 is 0. The fourth-order valence-electron chi connectivity index (χ4n) is 3.55. The SMILES string of the molecule is CCCNC1CCCCC1c1cccc2cnccc12. The van der Waals surface area contributed by atoms with Crippen LogP contribution in [0.4, 0.5) is 0 Å². The van der Waals surface area contributed by atoms with Gasteiger partial charge in [0.2, 0.25) is 0 Å². The number of hydrogen-bond donors (Lipinski definition) is 1. The molecular formula is C18H24N2. The summed E-state index contributed by atoms with van der Waals surface area (Å²) in [4.78, 5) is 4.25. The molecule has 1 fully saturated rings. The lowest BCUT2D eigenvalue weighted by atomic mass is 9.78. The number of aromatic nitrogens is 1. The molecule has 0 saturated heterocycles. The van der Waals surface area contributed by atoms with Crippen LogP contribution in [0.5, 0.6) is 0 Å². The van der Waals surface area contributed by atoms with Gasteiger partial charge in [0.05, 0.1) is 0 Å². The van der Waals surface area contributed by atoms with Gasteiger partial charge in [-0.15, -0.1) is 0 Å². The van der Waals surface area contributed by atoms with Gasteiger partial charge in [0.1, 0.15) is 0 Å². The van der Waals surface area contributed by atoms with Gasteiger partial charge in [0, 0.05) is 23.8 Å². The van der Waals surface area contributed by atoms with Crippen molar-refractivity contribution in [3.05, 3.63) is 42.2 Å². The zero-order chi connectivity index (χ0) is 13.8. The van der Waals surface area contributed by atoms with Gasteiger partial charge >= 0.3 is 0 Å². The maximum absolute atomic E-state index is 4.25. The number of benzene rings is 1. The Morgan fingerprint density at radius 3 is 3.00 bits per heavy atom. The summed E-state index contributed by atoms with van der Waals surface area (Å²) in [7, 11) is 0. The monoisotopic (exact) mass is 268 g/mol. The first kappa shape index (κ1) is 13.6. The third-order valence-corrected chi connectivity index (χ3v) is 4.54. The van der Waals surface area contributed by atoms with Crippen LogP contribution in [0.3, 0.4) is 0 Å². The normalized spacial score (nSPS) is 23.1. The molecule has 3 rings (SSSR count). The quantitative estimate of drug-likeness (QED) is 0.896. The second-order valence-electron chi connectivity index (χ2n) is 5.90. The molecule has 2 unspecified atom stereocenters. The van der Waals surface area contributed by atoms with Crippen molar-refractivity contribution < 1.29 is 0 Å². The van der Waals surface area contributed by atoms with Crippen LogP contribution in [0.15, 0.2) is 36.7 Å². The third-order valence-electron chi connectivity index (χ3n) is 4.54. The zero-order valence-electron chi connectivity index (χ0n) is 12.3. The van der Waals surface area contributed by atoms with E-state index in [2.05, 4.69) is 41.5 Å². The minimum Gasteiger partial charge on any atom is -0.313 e. The lowest BCUT2D eigenvalue weighted by Crippen LogP contribution is -2.37. The summed E-state index contributed by atoms with van der Waals surface area (Å²) >= 11 is 0. The van der Waals surface area contributed by atoms with Gasteiger partial charge in [-0.3, -0.25) is 4.98 Å². The van der Waals surface area contributed by atoms with Gasteiger partial charge in [-0.05, 0) is 48.7 Å². The van der Waals surface area contributed by atoms with Gasteiger partial charge in [-0.1, -0.05) is 38.0 Å². The van der Waals surface area contributed by atoms with Crippen LogP contribution in [0, 0.1) is 0 Å². The number of fused-ring (bicyclic) bond motifs is 1. The lowest BCUT2D eigenvalue weighted by Gasteiger charge is -2.33. The Labute approximate surface area is 121 Å². The van der Waals surface area contributed by atoms with E-state index in [0.717, 1.165) is 6.54 Å². The highest BCUT2D eigenvalue weighted by Crippen LogP contribution is 2.36. The maximum Gasteiger partial charge on any atom is 0.0346 e. The van der Waals surface area contributed by atoms with Crippen molar-refractivity contribution in [1.82, 2.24) is 10.3 Å². The molecule has 1 aromatic carbocycles. The van der Waals surface area contributed by atoms with E-state index in [-0.39, 0.29) is 0 Å². The van der Waals surface area contributed by atoms with Crippen LogP contribution in [-0.4, -0.2) is 17.6 Å². The van der Waals surface area contributed by atoms with Crippen molar-refractivity contribution in [2.75, 3.05) is 6.54 Å². The second-order valence-corrected chi connectivity index (χ2v) is 5.90. The number of rotatable bonds is 4. The fraction of sp³-hybridized carbons (Fsp3) is 0.500. The number of nitrogens with one attached hydrogen (secondary N) is 1. The summed E-state index contributed by atoms with van der Waals surface area (Å²) in [6.45, 7) is 3.38. The predicted molar refractivity (Wildman–Crippen MR) is 85.0 cm³/mol. The largest absolute Gasteiger partial charge is 0.313 e. The van der Waals surface area contributed by atoms with Gasteiger partial charge in [-0.2, -0.15) is 0 Å². The molecule has 1 aliphatic carbocycles. The average Bonchev–Trinajstić information content (AvgIpc) is 2.53. The average molecular weight is 268 g/mol. The first-order chi connectivity index (χ1) is 9.90. The Morgan fingerprint density at radius 2 is 2.10 bits per heavy atom. The van der Waals surface area contributed by atoms with Crippen LogP contribution < -0.4 is 5.32 Å². The van der Waals surface area contributed by atoms with Crippen LogP contribution in [0.2, 0.25) is 0 Å². The summed E-state index contributed by atoms with van der Waals surface area (Å²) in [6.07, 6.45) is 10.5. The summed E-state index contributed by atoms with van der Waals surface area (Å²) in [5, 5.41) is 6.42. The molecule has 2 aromatic rings. The van der Waals surface area contributed by atoms with E-state index in [1.165, 1.54) is 48.4 Å². The highest BCUT2D eigenvalue weighted by atomic mass is 14.9. The van der Waals surface area contributed by atoms with Gasteiger partial charge in [0.15, 0.2) is 0 Å². The zero-order valence-corrected chi connectivity index (χ0v) is 12.3. The van der Waals surface area contributed by atoms with Crippen molar-refractivity contribution in [2.24, 2.45) is 0 Å². The van der Waals surface area contributed by atoms with Crippen molar-refractivity contribution in [3.63, 3.8) is 0 Å². The van der Waals surface area contributed by atoms with Crippen LogP contribution >= 0.6 is 0 Å². The molecule has 1 heterocycles. The molecule has 2 heteroatoms. The molecule has 1 aromatic heterocycles. The number of hydrogen-bond acceptors (Lipinski definition) is 2. The molecule has 0 spiro atoms. The van der Waals surface area contributed by atoms with Gasteiger partial charge in [-0.25, -0.2) is 0 Å². The number of nitrogens with zero attached hydrogens (tertiary/aromatic N) is 1. The topological polar surface area (TPSA) is 24.9 Å². The van der Waals surface area contributed by atoms with E-state index < -0.39 is 0 Å². The first-order valence-corrected chi connectivity index (χ1v) is 7.96. The van der Waals surface area contributed by atoms with E-state index >= 15 is 0 Å². The van der Waals surface area contributed by atoms with Gasteiger partial charge < -0.3 is 5.32 Å². The summed E-state index contributed by atoms with van der Waals surface area (Å²) in [5.74, 6) is 0.654. The van der Waals surface area contributed by atoms with E-state index in [1.807, 2.05) is 12.4 Å². The Kier molecular flexibility index (Phi) is 4.31. The Balaban J connectivity index is 1.95. The van der Waals surface area contributed by atoms with E-state index in [1.54, 1.807) is 0 Å². The van der Waals surface area contributed by atoms with E-state index in [9.17, 15) is 0 Å². The minimum absolute atomic E-state index is 0.641. The van der Waals surface area contributed by atoms with Crippen LogP contribution in [-0.2, 0) is 0 Å². The molecule has 1 N–H and O–H groups in total. The maximum atomic E-state index is 4.25. The molecule has 1 saturated carbocycles. The van der Waals surface area contributed by atoms with Crippen LogP contribution in [0.1, 0.15) is 50.5 Å². The van der Waals surface area contributed by atoms with Crippen molar-refractivity contribution >= 4 is 10.8 Å². The predicted octanol–water partition coefficient (Wildman–Crippen LogP) is 4.26. The van der Waals surface area contributed by atoms with Crippen LogP contribution in [0.25, 0.3) is 10.8 Å². The molecule has 0 radical (unpaired) electrons. The van der Waals surface area contributed by atoms with Crippen molar-refractivity contribution in [3.8, 4) is 0 Å². The molecule has 0 aliphatic heterocycles. The highest BCUT2D eigenvalue weighted by Gasteiger charge is 2.26.